The van der Waals surface area contributed by atoms with E-state index in [0.717, 1.165) is 10.2 Å². The summed E-state index contributed by atoms with van der Waals surface area (Å²) >= 11 is 0. The molecule has 132 valence electrons. The van der Waals surface area contributed by atoms with Crippen molar-refractivity contribution in [2.45, 2.75) is 25.9 Å². The van der Waals surface area contributed by atoms with Crippen molar-refractivity contribution in [2.75, 3.05) is 0 Å². The molecular formula is C19H18N4O3. The van der Waals surface area contributed by atoms with Crippen LogP contribution in [-0.2, 0) is 22.6 Å². The summed E-state index contributed by atoms with van der Waals surface area (Å²) in [5, 5.41) is 10.8. The summed E-state index contributed by atoms with van der Waals surface area (Å²) in [7, 11) is 0. The van der Waals surface area contributed by atoms with Gasteiger partial charge in [0.15, 0.2) is 5.78 Å². The van der Waals surface area contributed by atoms with Crippen LogP contribution in [0, 0.1) is 0 Å². The van der Waals surface area contributed by atoms with Crippen LogP contribution in [0.1, 0.15) is 12.5 Å². The van der Waals surface area contributed by atoms with E-state index in [9.17, 15) is 14.4 Å². The second-order valence-electron chi connectivity index (χ2n) is 5.99. The Kier molecular flexibility index (Phi) is 5.17. The van der Waals surface area contributed by atoms with Crippen molar-refractivity contribution in [1.29, 1.82) is 0 Å². The van der Waals surface area contributed by atoms with Crippen molar-refractivity contribution in [1.82, 2.24) is 20.3 Å². The molecule has 1 N–H and O–H groups in total. The lowest BCUT2D eigenvalue weighted by Crippen LogP contribution is -2.44. The van der Waals surface area contributed by atoms with Gasteiger partial charge in [0.2, 0.25) is 5.91 Å². The smallest absolute Gasteiger partial charge is 0.278 e. The Bertz CT molecular complexity index is 998. The van der Waals surface area contributed by atoms with Gasteiger partial charge >= 0.3 is 0 Å². The van der Waals surface area contributed by atoms with E-state index in [4.69, 9.17) is 0 Å². The van der Waals surface area contributed by atoms with E-state index in [-0.39, 0.29) is 12.3 Å². The first kappa shape index (κ1) is 17.5. The van der Waals surface area contributed by atoms with Gasteiger partial charge in [-0.2, -0.15) is 0 Å². The predicted octanol–water partition coefficient (Wildman–Crippen LogP) is 1.11. The van der Waals surface area contributed by atoms with Gasteiger partial charge in [-0.25, -0.2) is 4.68 Å². The molecule has 1 heterocycles. The topological polar surface area (TPSA) is 93.9 Å². The summed E-state index contributed by atoms with van der Waals surface area (Å²) in [4.78, 5) is 36.6. The number of carbonyl (C=O) groups excluding carboxylic acids is 2. The first-order valence-electron chi connectivity index (χ1n) is 8.21. The highest BCUT2D eigenvalue weighted by molar-refractivity contribution is 5.87. The Balaban J connectivity index is 1.74. The monoisotopic (exact) mass is 350 g/mol. The highest BCUT2D eigenvalue weighted by Crippen LogP contribution is 2.05. The number of nitrogens with one attached hydrogen (secondary N) is 1. The summed E-state index contributed by atoms with van der Waals surface area (Å²) in [5.41, 5.74) is 1.02. The fraction of sp³-hybridized carbons (Fsp3) is 0.211. The van der Waals surface area contributed by atoms with Crippen LogP contribution in [0.3, 0.4) is 0 Å². The van der Waals surface area contributed by atoms with Crippen molar-refractivity contribution in [2.24, 2.45) is 0 Å². The molecule has 1 aromatic heterocycles. The molecule has 1 atom stereocenters. The number of ketones is 1. The van der Waals surface area contributed by atoms with Crippen molar-refractivity contribution >= 4 is 22.6 Å². The number of hydrogen-bond acceptors (Lipinski definition) is 5. The molecule has 26 heavy (non-hydrogen) atoms. The largest absolute Gasteiger partial charge is 0.344 e. The van der Waals surface area contributed by atoms with Gasteiger partial charge in [-0.15, -0.1) is 5.10 Å². The Labute approximate surface area is 149 Å². The van der Waals surface area contributed by atoms with E-state index in [1.807, 2.05) is 30.3 Å². The lowest BCUT2D eigenvalue weighted by molar-refractivity contribution is -0.127. The van der Waals surface area contributed by atoms with Crippen LogP contribution < -0.4 is 10.9 Å². The number of benzene rings is 2. The average molecular weight is 350 g/mol. The van der Waals surface area contributed by atoms with Crippen LogP contribution in [-0.4, -0.2) is 32.7 Å². The first-order chi connectivity index (χ1) is 12.5. The minimum absolute atomic E-state index is 0.154. The minimum atomic E-state index is -0.658. The molecule has 0 aliphatic rings. The van der Waals surface area contributed by atoms with Crippen LogP contribution in [0.15, 0.2) is 59.4 Å². The summed E-state index contributed by atoms with van der Waals surface area (Å²) in [5.74, 6) is -0.619. The second kappa shape index (κ2) is 7.69. The van der Waals surface area contributed by atoms with Crippen LogP contribution in [0.2, 0.25) is 0 Å². The number of Topliss-reactive ketones (excluding diaryl/α,β-unsaturated/α-hetero) is 1. The second-order valence-corrected chi connectivity index (χ2v) is 5.99. The van der Waals surface area contributed by atoms with Crippen LogP contribution in [0.4, 0.5) is 0 Å². The third-order valence-corrected chi connectivity index (χ3v) is 4.03. The number of aromatic nitrogens is 3. The molecule has 7 nitrogen and oxygen atoms in total. The first-order valence-corrected chi connectivity index (χ1v) is 8.21. The Hall–Kier alpha value is -3.35. The van der Waals surface area contributed by atoms with E-state index in [1.165, 1.54) is 6.92 Å². The highest BCUT2D eigenvalue weighted by atomic mass is 16.2. The standard InChI is InChI=1S/C19H18N4O3/c1-13(24)17(11-14-7-3-2-4-8-14)20-18(25)12-23-19(26)15-9-5-6-10-16(15)21-22-23/h2-10,17H,11-12H2,1H3,(H,20,25). The highest BCUT2D eigenvalue weighted by Gasteiger charge is 2.18. The zero-order chi connectivity index (χ0) is 18.5. The van der Waals surface area contributed by atoms with Gasteiger partial charge in [0, 0.05) is 0 Å². The number of carbonyl (C=O) groups is 2. The van der Waals surface area contributed by atoms with Crippen molar-refractivity contribution in [3.8, 4) is 0 Å². The Morgan fingerprint density at radius 1 is 1.08 bits per heavy atom. The van der Waals surface area contributed by atoms with E-state index in [0.29, 0.717) is 17.3 Å². The van der Waals surface area contributed by atoms with Crippen molar-refractivity contribution < 1.29 is 9.59 Å². The molecule has 7 heteroatoms. The number of hydrogen-bond donors (Lipinski definition) is 1. The molecular weight excluding hydrogens is 332 g/mol. The third kappa shape index (κ3) is 4.00. The molecule has 0 aliphatic carbocycles. The Morgan fingerprint density at radius 3 is 2.50 bits per heavy atom. The van der Waals surface area contributed by atoms with Crippen LogP contribution in [0.5, 0.6) is 0 Å². The predicted molar refractivity (Wildman–Crippen MR) is 96.6 cm³/mol. The maximum absolute atomic E-state index is 12.4. The summed E-state index contributed by atoms with van der Waals surface area (Å²) in [6.45, 7) is 1.13. The van der Waals surface area contributed by atoms with Gasteiger partial charge in [-0.05, 0) is 31.0 Å². The van der Waals surface area contributed by atoms with Gasteiger partial charge in [-0.1, -0.05) is 47.7 Å². The lowest BCUT2D eigenvalue weighted by Gasteiger charge is -2.16. The zero-order valence-electron chi connectivity index (χ0n) is 14.3. The molecule has 0 spiro atoms. The van der Waals surface area contributed by atoms with Crippen molar-refractivity contribution in [3.05, 3.63) is 70.5 Å². The fourth-order valence-corrected chi connectivity index (χ4v) is 2.65. The summed E-state index contributed by atoms with van der Waals surface area (Å²) < 4.78 is 0.997. The average Bonchev–Trinajstić information content (AvgIpc) is 2.64. The van der Waals surface area contributed by atoms with Gasteiger partial charge in [0.05, 0.1) is 11.4 Å². The number of rotatable bonds is 6. The number of nitrogens with zero attached hydrogens (tertiary/aromatic N) is 3. The Morgan fingerprint density at radius 2 is 1.77 bits per heavy atom. The minimum Gasteiger partial charge on any atom is -0.344 e. The van der Waals surface area contributed by atoms with Gasteiger partial charge in [0.25, 0.3) is 5.56 Å². The van der Waals surface area contributed by atoms with Gasteiger partial charge in [-0.3, -0.25) is 14.4 Å². The van der Waals surface area contributed by atoms with Crippen LogP contribution >= 0.6 is 0 Å². The molecule has 1 unspecified atom stereocenters. The van der Waals surface area contributed by atoms with Gasteiger partial charge < -0.3 is 5.32 Å². The maximum Gasteiger partial charge on any atom is 0.278 e. The number of fused-ring (bicyclic) bond motifs is 1. The SMILES string of the molecule is CC(=O)C(Cc1ccccc1)NC(=O)Cn1nnc2ccccc2c1=O. The fourth-order valence-electron chi connectivity index (χ4n) is 2.65. The molecule has 0 saturated carbocycles. The third-order valence-electron chi connectivity index (χ3n) is 4.03. The lowest BCUT2D eigenvalue weighted by atomic mass is 10.0. The molecule has 1 amide bonds. The van der Waals surface area contributed by atoms with Crippen LogP contribution in [0.25, 0.3) is 10.9 Å². The van der Waals surface area contributed by atoms with E-state index < -0.39 is 17.5 Å². The molecule has 0 radical (unpaired) electrons. The molecule has 3 aromatic rings. The van der Waals surface area contributed by atoms with E-state index in [2.05, 4.69) is 15.6 Å². The summed E-state index contributed by atoms with van der Waals surface area (Å²) in [6.07, 6.45) is 0.389. The molecule has 0 bridgehead atoms. The summed E-state index contributed by atoms with van der Waals surface area (Å²) in [6, 6.07) is 15.5. The normalized spacial score (nSPS) is 11.9. The zero-order valence-corrected chi connectivity index (χ0v) is 14.3. The molecule has 0 aliphatic heterocycles. The molecule has 0 fully saturated rings. The molecule has 2 aromatic carbocycles. The van der Waals surface area contributed by atoms with E-state index >= 15 is 0 Å². The molecule has 0 saturated heterocycles. The van der Waals surface area contributed by atoms with Gasteiger partial charge in [0.1, 0.15) is 12.1 Å². The quantitative estimate of drug-likeness (QED) is 0.719. The van der Waals surface area contributed by atoms with E-state index in [1.54, 1.807) is 24.3 Å². The maximum atomic E-state index is 12.4. The molecule has 3 rings (SSSR count). The number of amides is 1. The van der Waals surface area contributed by atoms with Crippen molar-refractivity contribution in [3.63, 3.8) is 0 Å².